The highest BCUT2D eigenvalue weighted by Crippen LogP contribution is 2.32. The van der Waals surface area contributed by atoms with Gasteiger partial charge >= 0.3 is 0 Å². The Morgan fingerprint density at radius 3 is 2.55 bits per heavy atom. The highest BCUT2D eigenvalue weighted by atomic mass is 35.5. The summed E-state index contributed by atoms with van der Waals surface area (Å²) in [5.41, 5.74) is 1.39. The number of nitrogens with two attached hydrogens (primary N) is 1. The molecule has 0 saturated carbocycles. The van der Waals surface area contributed by atoms with Crippen molar-refractivity contribution in [1.29, 1.82) is 5.26 Å². The predicted molar refractivity (Wildman–Crippen MR) is 123 cm³/mol. The number of hydrogen-bond acceptors (Lipinski definition) is 5. The van der Waals surface area contributed by atoms with Gasteiger partial charge in [-0.3, -0.25) is 4.79 Å². The second-order valence-electron chi connectivity index (χ2n) is 6.30. The van der Waals surface area contributed by atoms with E-state index < -0.39 is 11.4 Å². The van der Waals surface area contributed by atoms with Crippen molar-refractivity contribution >= 4 is 52.1 Å². The SMILES string of the molecule is N#Cc1cc(Cl)cc(Oc2cc(CNC(=O)c3ccc(Cl)c([S+](N)O)c3)ccc2Cl)c1. The normalized spacial score (nSPS) is 11.5. The van der Waals surface area contributed by atoms with E-state index in [0.29, 0.717) is 32.7 Å². The molecule has 3 aromatic carbocycles. The molecule has 6 nitrogen and oxygen atoms in total. The summed E-state index contributed by atoms with van der Waals surface area (Å²) in [5.74, 6) is 0.345. The van der Waals surface area contributed by atoms with Crippen molar-refractivity contribution in [2.45, 2.75) is 11.4 Å². The average Bonchev–Trinajstić information content (AvgIpc) is 2.73. The van der Waals surface area contributed by atoms with Gasteiger partial charge in [-0.25, -0.2) is 0 Å². The zero-order valence-electron chi connectivity index (χ0n) is 15.7. The number of benzene rings is 3. The van der Waals surface area contributed by atoms with E-state index in [1.54, 1.807) is 30.3 Å². The molecule has 1 amide bonds. The molecule has 0 saturated heterocycles. The maximum absolute atomic E-state index is 12.5. The van der Waals surface area contributed by atoms with Gasteiger partial charge in [0, 0.05) is 23.2 Å². The largest absolute Gasteiger partial charge is 0.456 e. The molecule has 0 heterocycles. The van der Waals surface area contributed by atoms with Crippen LogP contribution in [0.1, 0.15) is 21.5 Å². The number of nitrogens with zero attached hydrogens (tertiary/aromatic N) is 1. The number of ether oxygens (including phenoxy) is 1. The molecule has 10 heteroatoms. The zero-order valence-corrected chi connectivity index (χ0v) is 18.8. The fraction of sp³-hybridized carbons (Fsp3) is 0.0476. The summed E-state index contributed by atoms with van der Waals surface area (Å²) in [6, 6.07) is 16.2. The lowest BCUT2D eigenvalue weighted by atomic mass is 10.2. The van der Waals surface area contributed by atoms with Crippen LogP contribution in [0.3, 0.4) is 0 Å². The van der Waals surface area contributed by atoms with Crippen molar-refractivity contribution in [3.8, 4) is 17.6 Å². The minimum atomic E-state index is -1.56. The van der Waals surface area contributed by atoms with E-state index >= 15 is 0 Å². The Bertz CT molecular complexity index is 1180. The van der Waals surface area contributed by atoms with Crippen LogP contribution < -0.4 is 15.2 Å². The fourth-order valence-corrected chi connectivity index (χ4v) is 3.89. The van der Waals surface area contributed by atoms with Crippen molar-refractivity contribution < 1.29 is 14.1 Å². The monoisotopic (exact) mass is 494 g/mol. The Labute approximate surface area is 196 Å². The van der Waals surface area contributed by atoms with Gasteiger partial charge < -0.3 is 10.1 Å². The van der Waals surface area contributed by atoms with Crippen LogP contribution in [0.2, 0.25) is 15.1 Å². The molecule has 0 spiro atoms. The highest BCUT2D eigenvalue weighted by molar-refractivity contribution is 7.89. The van der Waals surface area contributed by atoms with E-state index in [-0.39, 0.29) is 22.4 Å². The van der Waals surface area contributed by atoms with Crippen molar-refractivity contribution in [2.24, 2.45) is 5.14 Å². The van der Waals surface area contributed by atoms with Gasteiger partial charge in [-0.2, -0.15) is 9.81 Å². The molecule has 4 N–H and O–H groups in total. The van der Waals surface area contributed by atoms with Gasteiger partial charge in [0.2, 0.25) is 4.90 Å². The summed E-state index contributed by atoms with van der Waals surface area (Å²) in [7, 11) is 0. The Balaban J connectivity index is 1.74. The maximum atomic E-state index is 12.5. The molecule has 3 aromatic rings. The van der Waals surface area contributed by atoms with Crippen LogP contribution in [0.4, 0.5) is 0 Å². The average molecular weight is 496 g/mol. The molecule has 0 aliphatic rings. The molecule has 0 radical (unpaired) electrons. The second-order valence-corrected chi connectivity index (χ2v) is 8.62. The van der Waals surface area contributed by atoms with Gasteiger partial charge in [0.1, 0.15) is 16.5 Å². The first-order valence-corrected chi connectivity index (χ1v) is 11.1. The summed E-state index contributed by atoms with van der Waals surface area (Å²) < 4.78 is 15.4. The Hall–Kier alpha value is -2.44. The summed E-state index contributed by atoms with van der Waals surface area (Å²) in [6.45, 7) is 0.191. The second kappa shape index (κ2) is 10.2. The minimum absolute atomic E-state index is 0.191. The zero-order chi connectivity index (χ0) is 22.5. The molecular formula is C21H15Cl3N3O3S+. The fourth-order valence-electron chi connectivity index (χ4n) is 2.64. The third-order valence-corrected chi connectivity index (χ3v) is 5.86. The quantitative estimate of drug-likeness (QED) is 0.388. The number of rotatable bonds is 6. The summed E-state index contributed by atoms with van der Waals surface area (Å²) >= 11 is 16.6. The first-order valence-electron chi connectivity index (χ1n) is 8.69. The van der Waals surface area contributed by atoms with Crippen molar-refractivity contribution in [3.63, 3.8) is 0 Å². The number of nitriles is 1. The molecule has 0 aromatic heterocycles. The van der Waals surface area contributed by atoms with E-state index in [1.165, 1.54) is 24.3 Å². The van der Waals surface area contributed by atoms with Gasteiger partial charge in [-0.15, -0.1) is 5.14 Å². The molecule has 0 bridgehead atoms. The molecule has 1 unspecified atom stereocenters. The Morgan fingerprint density at radius 2 is 1.84 bits per heavy atom. The summed E-state index contributed by atoms with van der Waals surface area (Å²) in [4.78, 5) is 12.8. The predicted octanol–water partition coefficient (Wildman–Crippen LogP) is 5.56. The van der Waals surface area contributed by atoms with Crippen molar-refractivity contribution in [1.82, 2.24) is 5.32 Å². The number of halogens is 3. The van der Waals surface area contributed by atoms with Gasteiger partial charge in [0.15, 0.2) is 0 Å². The number of carbonyl (C=O) groups is 1. The lowest BCUT2D eigenvalue weighted by molar-refractivity contribution is 0.0950. The molecule has 0 aliphatic carbocycles. The molecule has 158 valence electrons. The van der Waals surface area contributed by atoms with Gasteiger partial charge in [-0.05, 0) is 48.0 Å². The molecule has 0 aliphatic heterocycles. The molecular weight excluding hydrogens is 481 g/mol. The van der Waals surface area contributed by atoms with E-state index in [1.807, 2.05) is 6.07 Å². The van der Waals surface area contributed by atoms with Gasteiger partial charge in [0.05, 0.1) is 16.7 Å². The van der Waals surface area contributed by atoms with Gasteiger partial charge in [-0.1, -0.05) is 40.9 Å². The van der Waals surface area contributed by atoms with Crippen LogP contribution in [0, 0.1) is 11.3 Å². The maximum Gasteiger partial charge on any atom is 0.274 e. The lowest BCUT2D eigenvalue weighted by Crippen LogP contribution is -2.23. The summed E-state index contributed by atoms with van der Waals surface area (Å²) in [6.07, 6.45) is 0. The van der Waals surface area contributed by atoms with E-state index in [4.69, 9.17) is 49.9 Å². The molecule has 0 fully saturated rings. The molecule has 31 heavy (non-hydrogen) atoms. The smallest absolute Gasteiger partial charge is 0.274 e. The van der Waals surface area contributed by atoms with Gasteiger partial charge in [0.25, 0.3) is 17.3 Å². The third kappa shape index (κ3) is 6.05. The standard InChI is InChI=1S/C21H14Cl3N3O3S/c22-15-5-13(10-25)6-16(9-15)30-19-7-12(1-3-17(19)23)11-27-21(28)14-2-4-18(24)20(8-14)31(26)29/h1-9,29H,11,26H2/p+1. The summed E-state index contributed by atoms with van der Waals surface area (Å²) in [5, 5.41) is 18.3. The topological polar surface area (TPSA) is 108 Å². The number of amides is 1. The van der Waals surface area contributed by atoms with Crippen LogP contribution in [0.5, 0.6) is 11.5 Å². The van der Waals surface area contributed by atoms with E-state index in [0.717, 1.165) is 5.56 Å². The van der Waals surface area contributed by atoms with Crippen molar-refractivity contribution in [2.75, 3.05) is 0 Å². The number of nitrogens with one attached hydrogen (secondary N) is 1. The van der Waals surface area contributed by atoms with Crippen molar-refractivity contribution in [3.05, 3.63) is 86.4 Å². The van der Waals surface area contributed by atoms with Crippen LogP contribution in [0.25, 0.3) is 0 Å². The Kier molecular flexibility index (Phi) is 7.68. The van der Waals surface area contributed by atoms with Crippen LogP contribution in [0.15, 0.2) is 59.5 Å². The number of hydrogen-bond donors (Lipinski definition) is 3. The molecule has 1 atom stereocenters. The van der Waals surface area contributed by atoms with Crippen LogP contribution in [-0.4, -0.2) is 10.5 Å². The molecule has 3 rings (SSSR count). The van der Waals surface area contributed by atoms with E-state index in [2.05, 4.69) is 5.32 Å². The number of carbonyl (C=O) groups excluding carboxylic acids is 1. The van der Waals surface area contributed by atoms with Crippen LogP contribution >= 0.6 is 34.8 Å². The Morgan fingerprint density at radius 1 is 1.10 bits per heavy atom. The van der Waals surface area contributed by atoms with E-state index in [9.17, 15) is 9.35 Å². The lowest BCUT2D eigenvalue weighted by Gasteiger charge is -2.11. The minimum Gasteiger partial charge on any atom is -0.456 e. The van der Waals surface area contributed by atoms with Crippen LogP contribution in [-0.2, 0) is 17.9 Å². The highest BCUT2D eigenvalue weighted by Gasteiger charge is 2.21. The first kappa shape index (κ1) is 23.2. The third-order valence-electron chi connectivity index (χ3n) is 4.10. The first-order chi connectivity index (χ1) is 14.8.